The first kappa shape index (κ1) is 20.0. The van der Waals surface area contributed by atoms with Crippen molar-refractivity contribution < 1.29 is 13.2 Å². The van der Waals surface area contributed by atoms with E-state index in [0.29, 0.717) is 19.4 Å². The Hall–Kier alpha value is -2.70. The van der Waals surface area contributed by atoms with Crippen LogP contribution in [0.5, 0.6) is 0 Å². The number of benzene rings is 3. The van der Waals surface area contributed by atoms with Crippen LogP contribution in [0.25, 0.3) is 10.8 Å². The molecule has 0 aliphatic rings. The van der Waals surface area contributed by atoms with Gasteiger partial charge in [-0.1, -0.05) is 55.5 Å². The molecule has 0 spiro atoms. The average molecular weight is 397 g/mol. The lowest BCUT2D eigenvalue weighted by Gasteiger charge is -2.09. The lowest BCUT2D eigenvalue weighted by Crippen LogP contribution is -2.24. The summed E-state index contributed by atoms with van der Waals surface area (Å²) in [7, 11) is -3.46. The van der Waals surface area contributed by atoms with Crippen molar-refractivity contribution in [3.63, 3.8) is 0 Å². The van der Waals surface area contributed by atoms with E-state index in [4.69, 9.17) is 0 Å². The number of aryl methyl sites for hydroxylation is 1. The minimum Gasteiger partial charge on any atom is -0.326 e. The van der Waals surface area contributed by atoms with Gasteiger partial charge < -0.3 is 5.32 Å². The fourth-order valence-electron chi connectivity index (χ4n) is 2.96. The zero-order chi connectivity index (χ0) is 20.0. The summed E-state index contributed by atoms with van der Waals surface area (Å²) in [6.07, 6.45) is 1.60. The molecule has 3 rings (SSSR count). The number of hydrogen-bond donors (Lipinski definition) is 2. The van der Waals surface area contributed by atoms with Crippen molar-refractivity contribution in [1.82, 2.24) is 4.72 Å². The summed E-state index contributed by atoms with van der Waals surface area (Å²) in [6.45, 7) is 2.33. The summed E-state index contributed by atoms with van der Waals surface area (Å²) in [5.41, 5.74) is 1.72. The van der Waals surface area contributed by atoms with E-state index in [9.17, 15) is 13.2 Å². The molecule has 6 heteroatoms. The molecule has 0 saturated heterocycles. The zero-order valence-electron chi connectivity index (χ0n) is 15.8. The summed E-state index contributed by atoms with van der Waals surface area (Å²) >= 11 is 0. The Morgan fingerprint density at radius 2 is 1.64 bits per heavy atom. The third-order valence-corrected chi connectivity index (χ3v) is 5.96. The van der Waals surface area contributed by atoms with E-state index in [-0.39, 0.29) is 10.8 Å². The van der Waals surface area contributed by atoms with Crippen LogP contribution in [-0.4, -0.2) is 20.9 Å². The number of sulfonamides is 1. The van der Waals surface area contributed by atoms with E-state index in [1.807, 2.05) is 49.4 Å². The smallest absolute Gasteiger partial charge is 0.240 e. The number of anilines is 1. The Bertz CT molecular complexity index is 1060. The molecule has 0 aliphatic heterocycles. The van der Waals surface area contributed by atoms with Crippen molar-refractivity contribution >= 4 is 32.4 Å². The highest BCUT2D eigenvalue weighted by Crippen LogP contribution is 2.23. The van der Waals surface area contributed by atoms with E-state index >= 15 is 0 Å². The highest BCUT2D eigenvalue weighted by atomic mass is 32.2. The normalized spacial score (nSPS) is 11.5. The third kappa shape index (κ3) is 4.97. The van der Waals surface area contributed by atoms with Crippen LogP contribution >= 0.6 is 0 Å². The molecule has 0 aliphatic carbocycles. The first-order valence-electron chi connectivity index (χ1n) is 9.36. The fraction of sp³-hybridized carbons (Fsp3) is 0.227. The van der Waals surface area contributed by atoms with Crippen LogP contribution in [0, 0.1) is 0 Å². The summed E-state index contributed by atoms with van der Waals surface area (Å²) in [5, 5.41) is 5.05. The largest absolute Gasteiger partial charge is 0.326 e. The number of rotatable bonds is 8. The molecule has 0 bridgehead atoms. The molecule has 0 fully saturated rings. The average Bonchev–Trinajstić information content (AvgIpc) is 2.71. The predicted octanol–water partition coefficient (Wildman–Crippen LogP) is 4.10. The van der Waals surface area contributed by atoms with Gasteiger partial charge in [-0.25, -0.2) is 13.1 Å². The minimum absolute atomic E-state index is 0.0716. The number of hydrogen-bond acceptors (Lipinski definition) is 3. The van der Waals surface area contributed by atoms with Crippen LogP contribution < -0.4 is 10.0 Å². The van der Waals surface area contributed by atoms with E-state index in [2.05, 4.69) is 10.0 Å². The molecular weight excluding hydrogens is 372 g/mol. The monoisotopic (exact) mass is 396 g/mol. The number of fused-ring (bicyclic) bond motifs is 1. The second-order valence-corrected chi connectivity index (χ2v) is 8.38. The number of carbonyl (C=O) groups excluding carboxylic acids is 1. The molecule has 0 saturated carbocycles. The Balaban J connectivity index is 1.60. The van der Waals surface area contributed by atoms with Gasteiger partial charge in [-0.05, 0) is 42.0 Å². The molecule has 2 N–H and O–H groups in total. The van der Waals surface area contributed by atoms with Crippen LogP contribution in [0.3, 0.4) is 0 Å². The first-order valence-corrected chi connectivity index (χ1v) is 10.8. The van der Waals surface area contributed by atoms with Crippen molar-refractivity contribution in [3.05, 3.63) is 72.3 Å². The van der Waals surface area contributed by atoms with Gasteiger partial charge in [-0.2, -0.15) is 0 Å². The Morgan fingerprint density at radius 3 is 2.39 bits per heavy atom. The number of carbonyl (C=O) groups is 1. The third-order valence-electron chi connectivity index (χ3n) is 4.48. The zero-order valence-corrected chi connectivity index (χ0v) is 16.6. The standard InChI is InChI=1S/C22H24N2O3S/c1-2-16-23-28(26,27)19-13-10-17(11-14-19)12-15-22(25)24-21-9-5-7-18-6-3-4-8-20(18)21/h3-11,13-14,23H,2,12,15-16H2,1H3,(H,24,25). The highest BCUT2D eigenvalue weighted by molar-refractivity contribution is 7.89. The van der Waals surface area contributed by atoms with E-state index in [0.717, 1.165) is 28.4 Å². The number of amides is 1. The van der Waals surface area contributed by atoms with Crippen molar-refractivity contribution in [3.8, 4) is 0 Å². The van der Waals surface area contributed by atoms with E-state index < -0.39 is 10.0 Å². The van der Waals surface area contributed by atoms with Gasteiger partial charge in [0.2, 0.25) is 15.9 Å². The number of nitrogens with one attached hydrogen (secondary N) is 2. The second-order valence-electron chi connectivity index (χ2n) is 6.62. The SMILES string of the molecule is CCCNS(=O)(=O)c1ccc(CCC(=O)Nc2cccc3ccccc23)cc1. The maximum atomic E-state index is 12.4. The Morgan fingerprint density at radius 1 is 0.929 bits per heavy atom. The summed E-state index contributed by atoms with van der Waals surface area (Å²) in [4.78, 5) is 12.6. The van der Waals surface area contributed by atoms with Gasteiger partial charge in [-0.3, -0.25) is 4.79 Å². The van der Waals surface area contributed by atoms with Crippen LogP contribution in [-0.2, 0) is 21.2 Å². The molecule has 1 amide bonds. The van der Waals surface area contributed by atoms with Gasteiger partial charge in [0.1, 0.15) is 0 Å². The fourth-order valence-corrected chi connectivity index (χ4v) is 4.09. The van der Waals surface area contributed by atoms with Gasteiger partial charge in [0.05, 0.1) is 4.90 Å². The van der Waals surface area contributed by atoms with Gasteiger partial charge in [0.15, 0.2) is 0 Å². The van der Waals surface area contributed by atoms with Crippen LogP contribution in [0.2, 0.25) is 0 Å². The molecule has 0 heterocycles. The molecule has 28 heavy (non-hydrogen) atoms. The van der Waals surface area contributed by atoms with Gasteiger partial charge >= 0.3 is 0 Å². The molecule has 5 nitrogen and oxygen atoms in total. The van der Waals surface area contributed by atoms with Gasteiger partial charge in [-0.15, -0.1) is 0 Å². The van der Waals surface area contributed by atoms with Gasteiger partial charge in [0.25, 0.3) is 0 Å². The van der Waals surface area contributed by atoms with Crippen molar-refractivity contribution in [2.75, 3.05) is 11.9 Å². The maximum absolute atomic E-state index is 12.4. The Kier molecular flexibility index (Phi) is 6.44. The quantitative estimate of drug-likeness (QED) is 0.602. The molecular formula is C22H24N2O3S. The van der Waals surface area contributed by atoms with Crippen molar-refractivity contribution in [2.45, 2.75) is 31.1 Å². The van der Waals surface area contributed by atoms with Crippen molar-refractivity contribution in [2.24, 2.45) is 0 Å². The molecule has 146 valence electrons. The molecule has 0 radical (unpaired) electrons. The lowest BCUT2D eigenvalue weighted by molar-refractivity contribution is -0.116. The minimum atomic E-state index is -3.46. The van der Waals surface area contributed by atoms with Crippen LogP contribution in [0.1, 0.15) is 25.3 Å². The summed E-state index contributed by atoms with van der Waals surface area (Å²) in [6, 6.07) is 20.4. The van der Waals surface area contributed by atoms with Crippen molar-refractivity contribution in [1.29, 1.82) is 0 Å². The predicted molar refractivity (Wildman–Crippen MR) is 113 cm³/mol. The summed E-state index contributed by atoms with van der Waals surface area (Å²) < 4.78 is 26.8. The Labute approximate surface area is 165 Å². The lowest BCUT2D eigenvalue weighted by atomic mass is 10.1. The second kappa shape index (κ2) is 8.99. The van der Waals surface area contributed by atoms with Gasteiger partial charge in [0, 0.05) is 24.0 Å². The summed E-state index contributed by atoms with van der Waals surface area (Å²) in [5.74, 6) is -0.0716. The maximum Gasteiger partial charge on any atom is 0.240 e. The molecule has 0 aromatic heterocycles. The first-order chi connectivity index (χ1) is 13.5. The van der Waals surface area contributed by atoms with Crippen LogP contribution in [0.15, 0.2) is 71.6 Å². The van der Waals surface area contributed by atoms with E-state index in [1.54, 1.807) is 24.3 Å². The molecule has 0 unspecified atom stereocenters. The molecule has 3 aromatic carbocycles. The van der Waals surface area contributed by atoms with E-state index in [1.165, 1.54) is 0 Å². The topological polar surface area (TPSA) is 75.3 Å². The van der Waals surface area contributed by atoms with Crippen LogP contribution in [0.4, 0.5) is 5.69 Å². The highest BCUT2D eigenvalue weighted by Gasteiger charge is 2.13. The molecule has 0 atom stereocenters. The molecule has 3 aromatic rings.